The van der Waals surface area contributed by atoms with E-state index in [-0.39, 0.29) is 13.0 Å². The molecule has 2 saturated heterocycles. The van der Waals surface area contributed by atoms with E-state index in [1.807, 2.05) is 12.1 Å². The molecular weight excluding hydrogens is 442 g/mol. The van der Waals surface area contributed by atoms with Gasteiger partial charge in [0.15, 0.2) is 0 Å². The minimum Gasteiger partial charge on any atom is -0.390 e. The average molecular weight is 482 g/mol. The molecular formula is C24H39N3O7. The predicted molar refractivity (Wildman–Crippen MR) is 124 cm³/mol. The van der Waals surface area contributed by atoms with E-state index < -0.39 is 60.3 Å². The Morgan fingerprint density at radius 3 is 2.21 bits per heavy atom. The van der Waals surface area contributed by atoms with Crippen LogP contribution in [0.1, 0.15) is 31.4 Å². The Balaban J connectivity index is 1.54. The van der Waals surface area contributed by atoms with Gasteiger partial charge in [0.1, 0.15) is 23.9 Å². The van der Waals surface area contributed by atoms with Crippen molar-refractivity contribution in [2.75, 3.05) is 20.6 Å². The van der Waals surface area contributed by atoms with Gasteiger partial charge in [0, 0.05) is 19.5 Å². The molecule has 192 valence electrons. The Morgan fingerprint density at radius 2 is 1.59 bits per heavy atom. The van der Waals surface area contributed by atoms with E-state index in [2.05, 4.69) is 35.0 Å². The number of ether oxygens (including phenoxy) is 3. The molecule has 10 nitrogen and oxygen atoms in total. The summed E-state index contributed by atoms with van der Waals surface area (Å²) in [4.78, 5) is 0. The van der Waals surface area contributed by atoms with E-state index in [0.717, 1.165) is 12.0 Å². The quantitative estimate of drug-likeness (QED) is 0.248. The number of likely N-dealkylation sites (N-methyl/N-ethyl adjacent to an activating group) is 2. The summed E-state index contributed by atoms with van der Waals surface area (Å²) in [6, 6.07) is 6.87. The van der Waals surface area contributed by atoms with Crippen LogP contribution in [0.4, 0.5) is 0 Å². The first-order valence-corrected chi connectivity index (χ1v) is 12.1. The predicted octanol–water partition coefficient (Wildman–Crippen LogP) is -1.41. The number of aryl methyl sites for hydroxylation is 1. The largest absolute Gasteiger partial charge is 0.390 e. The van der Waals surface area contributed by atoms with Crippen LogP contribution in [-0.2, 0) is 27.2 Å². The van der Waals surface area contributed by atoms with Crippen LogP contribution in [-0.4, -0.2) is 101 Å². The van der Waals surface area contributed by atoms with Crippen LogP contribution in [0.2, 0.25) is 0 Å². The second kappa shape index (κ2) is 10.1. The second-order valence-corrected chi connectivity index (χ2v) is 9.78. The Labute approximate surface area is 200 Å². The van der Waals surface area contributed by atoms with E-state index in [1.54, 1.807) is 21.0 Å². The Morgan fingerprint density at radius 1 is 0.941 bits per heavy atom. The van der Waals surface area contributed by atoms with Crippen LogP contribution in [0.5, 0.6) is 0 Å². The molecule has 10 heteroatoms. The third-order valence-corrected chi connectivity index (χ3v) is 7.53. The van der Waals surface area contributed by atoms with E-state index in [9.17, 15) is 20.4 Å². The molecule has 4 rings (SSSR count). The van der Waals surface area contributed by atoms with Gasteiger partial charge in [0.25, 0.3) is 0 Å². The molecule has 0 radical (unpaired) electrons. The van der Waals surface area contributed by atoms with E-state index in [0.29, 0.717) is 6.54 Å². The number of aliphatic hydroxyl groups excluding tert-OH is 2. The maximum atomic E-state index is 11.7. The van der Waals surface area contributed by atoms with Crippen LogP contribution >= 0.6 is 0 Å². The maximum Gasteiger partial charge on any atom is 0.249 e. The maximum absolute atomic E-state index is 11.7. The number of hydrogen-bond donors (Lipinski definition) is 7. The molecule has 3 aliphatic rings. The zero-order valence-electron chi connectivity index (χ0n) is 20.3. The van der Waals surface area contributed by atoms with Gasteiger partial charge in [-0.3, -0.25) is 0 Å². The highest BCUT2D eigenvalue weighted by Crippen LogP contribution is 2.46. The summed E-state index contributed by atoms with van der Waals surface area (Å²) in [7, 11) is 3.30. The smallest absolute Gasteiger partial charge is 0.249 e. The standard InChI is InChI=1S/C24H39N3O7/c1-5-14-6-8-15(9-7-14)11-27-12-23(30)10-13(2)32-22-24(23,31)34-20-17(26-4)18(28)16(25-3)19(29)21(20)33-22/h6-9,13,16-22,25-31H,5,10-12H2,1-4H3. The summed E-state index contributed by atoms with van der Waals surface area (Å²) in [5, 5.41) is 54.2. The van der Waals surface area contributed by atoms with Crippen LogP contribution in [0.25, 0.3) is 0 Å². The minimum atomic E-state index is -2.21. The summed E-state index contributed by atoms with van der Waals surface area (Å²) in [6.07, 6.45) is -4.61. The second-order valence-electron chi connectivity index (χ2n) is 9.78. The molecule has 0 bridgehead atoms. The SMILES string of the molecule is CCc1ccc(CNCC2(O)CC(C)OC3OC4C(O)C(NC)C(O)C(NC)C4OC32O)cc1. The van der Waals surface area contributed by atoms with Crippen molar-refractivity contribution in [1.82, 2.24) is 16.0 Å². The first-order valence-electron chi connectivity index (χ1n) is 12.1. The van der Waals surface area contributed by atoms with Gasteiger partial charge in [-0.15, -0.1) is 0 Å². The Hall–Kier alpha value is -1.18. The third kappa shape index (κ3) is 4.41. The number of hydrogen-bond acceptors (Lipinski definition) is 10. The molecule has 1 saturated carbocycles. The van der Waals surface area contributed by atoms with Gasteiger partial charge >= 0.3 is 0 Å². The molecule has 0 spiro atoms. The van der Waals surface area contributed by atoms with Gasteiger partial charge in [-0.2, -0.15) is 0 Å². The van der Waals surface area contributed by atoms with Crippen LogP contribution in [0.15, 0.2) is 24.3 Å². The topological polar surface area (TPSA) is 145 Å². The highest BCUT2D eigenvalue weighted by Gasteiger charge is 2.68. The van der Waals surface area contributed by atoms with Crippen LogP contribution < -0.4 is 16.0 Å². The van der Waals surface area contributed by atoms with Crippen molar-refractivity contribution in [3.8, 4) is 0 Å². The highest BCUT2D eigenvalue weighted by molar-refractivity contribution is 5.22. The molecule has 1 aromatic carbocycles. The van der Waals surface area contributed by atoms with Crippen molar-refractivity contribution < 1.29 is 34.6 Å². The van der Waals surface area contributed by atoms with Crippen molar-refractivity contribution in [2.24, 2.45) is 0 Å². The summed E-state index contributed by atoms with van der Waals surface area (Å²) in [5.41, 5.74) is 0.561. The molecule has 0 aromatic heterocycles. The molecule has 2 aliphatic heterocycles. The van der Waals surface area contributed by atoms with Gasteiger partial charge < -0.3 is 50.6 Å². The molecule has 1 aliphatic carbocycles. The van der Waals surface area contributed by atoms with Gasteiger partial charge in [0.2, 0.25) is 12.1 Å². The number of aliphatic hydroxyl groups is 4. The number of benzene rings is 1. The van der Waals surface area contributed by atoms with E-state index in [1.165, 1.54) is 5.56 Å². The lowest BCUT2D eigenvalue weighted by molar-refractivity contribution is -0.482. The first kappa shape index (κ1) is 25.9. The van der Waals surface area contributed by atoms with Gasteiger partial charge in [-0.05, 0) is 38.6 Å². The summed E-state index contributed by atoms with van der Waals surface area (Å²) in [5.74, 6) is -2.21. The molecule has 10 atom stereocenters. The third-order valence-electron chi connectivity index (χ3n) is 7.53. The van der Waals surface area contributed by atoms with Crippen molar-refractivity contribution in [2.45, 2.75) is 93.5 Å². The minimum absolute atomic E-state index is 0.0262. The lowest BCUT2D eigenvalue weighted by Crippen LogP contribution is -2.81. The fourth-order valence-corrected chi connectivity index (χ4v) is 5.54. The summed E-state index contributed by atoms with van der Waals surface area (Å²) in [6.45, 7) is 4.41. The average Bonchev–Trinajstić information content (AvgIpc) is 2.80. The first-order chi connectivity index (χ1) is 16.2. The molecule has 1 aromatic rings. The monoisotopic (exact) mass is 481 g/mol. The zero-order valence-corrected chi connectivity index (χ0v) is 20.3. The van der Waals surface area contributed by atoms with Crippen molar-refractivity contribution >= 4 is 0 Å². The van der Waals surface area contributed by atoms with Gasteiger partial charge in [0.05, 0.1) is 24.3 Å². The highest BCUT2D eigenvalue weighted by atomic mass is 16.8. The molecule has 7 N–H and O–H groups in total. The molecule has 34 heavy (non-hydrogen) atoms. The fraction of sp³-hybridized carbons (Fsp3) is 0.750. The Bertz CT molecular complexity index is 829. The molecule has 10 unspecified atom stereocenters. The van der Waals surface area contributed by atoms with E-state index in [4.69, 9.17) is 14.2 Å². The van der Waals surface area contributed by atoms with E-state index >= 15 is 0 Å². The number of rotatable bonds is 7. The summed E-state index contributed by atoms with van der Waals surface area (Å²) >= 11 is 0. The zero-order chi connectivity index (χ0) is 24.7. The van der Waals surface area contributed by atoms with Crippen LogP contribution in [0, 0.1) is 0 Å². The number of nitrogens with one attached hydrogen (secondary N) is 3. The van der Waals surface area contributed by atoms with Crippen molar-refractivity contribution in [3.63, 3.8) is 0 Å². The normalized spacial score (nSPS) is 44.4. The van der Waals surface area contributed by atoms with Gasteiger partial charge in [-0.25, -0.2) is 0 Å². The van der Waals surface area contributed by atoms with Crippen molar-refractivity contribution in [3.05, 3.63) is 35.4 Å². The fourth-order valence-electron chi connectivity index (χ4n) is 5.54. The van der Waals surface area contributed by atoms with Crippen molar-refractivity contribution in [1.29, 1.82) is 0 Å². The molecule has 2 heterocycles. The Kier molecular flexibility index (Phi) is 7.66. The summed E-state index contributed by atoms with van der Waals surface area (Å²) < 4.78 is 18.0. The lowest BCUT2D eigenvalue weighted by Gasteiger charge is -2.60. The van der Waals surface area contributed by atoms with Crippen LogP contribution in [0.3, 0.4) is 0 Å². The lowest BCUT2D eigenvalue weighted by atomic mass is 9.77. The van der Waals surface area contributed by atoms with Gasteiger partial charge in [-0.1, -0.05) is 31.2 Å². The molecule has 0 amide bonds. The number of fused-ring (bicyclic) bond motifs is 2. The molecule has 3 fully saturated rings.